The van der Waals surface area contributed by atoms with Crippen LogP contribution in [0.25, 0.3) is 0 Å². The summed E-state index contributed by atoms with van der Waals surface area (Å²) in [4.78, 5) is 0. The Labute approximate surface area is 96.8 Å². The zero-order chi connectivity index (χ0) is 12.0. The van der Waals surface area contributed by atoms with Crippen molar-refractivity contribution in [2.75, 3.05) is 13.7 Å². The van der Waals surface area contributed by atoms with Gasteiger partial charge in [0.15, 0.2) is 0 Å². The number of likely N-dealkylation sites (N-methyl/N-ethyl adjacent to an activating group) is 1. The maximum Gasteiger partial charge on any atom is 0.123 e. The van der Waals surface area contributed by atoms with Crippen molar-refractivity contribution in [3.8, 4) is 0 Å². The van der Waals surface area contributed by atoms with Crippen LogP contribution in [0, 0.1) is 5.82 Å². The Balaban J connectivity index is 2.59. The second-order valence-corrected chi connectivity index (χ2v) is 3.89. The van der Waals surface area contributed by atoms with Crippen molar-refractivity contribution in [3.63, 3.8) is 0 Å². The van der Waals surface area contributed by atoms with Gasteiger partial charge in [-0.3, -0.25) is 0 Å². The average molecular weight is 225 g/mol. The van der Waals surface area contributed by atoms with Crippen LogP contribution in [0.2, 0.25) is 0 Å². The van der Waals surface area contributed by atoms with Crippen LogP contribution < -0.4 is 5.32 Å². The van der Waals surface area contributed by atoms with Crippen LogP contribution in [0.4, 0.5) is 4.39 Å². The van der Waals surface area contributed by atoms with Crippen LogP contribution in [0.5, 0.6) is 0 Å². The summed E-state index contributed by atoms with van der Waals surface area (Å²) in [7, 11) is 1.92. The van der Waals surface area contributed by atoms with Crippen LogP contribution in [-0.4, -0.2) is 25.8 Å². The van der Waals surface area contributed by atoms with Gasteiger partial charge >= 0.3 is 0 Å². The lowest BCUT2D eigenvalue weighted by Gasteiger charge is -2.23. The highest BCUT2D eigenvalue weighted by molar-refractivity contribution is 5.17. The van der Waals surface area contributed by atoms with Gasteiger partial charge in [0.1, 0.15) is 5.82 Å². The molecule has 0 aromatic heterocycles. The maximum atomic E-state index is 12.7. The minimum absolute atomic E-state index is 0.153. The second-order valence-electron chi connectivity index (χ2n) is 3.89. The molecule has 0 spiro atoms. The first-order valence-electron chi connectivity index (χ1n) is 5.70. The minimum Gasteiger partial charge on any atom is -0.377 e. The van der Waals surface area contributed by atoms with Crippen molar-refractivity contribution < 1.29 is 9.13 Å². The molecule has 0 aliphatic rings. The number of hydrogen-bond acceptors (Lipinski definition) is 2. The molecule has 1 rings (SSSR count). The first kappa shape index (κ1) is 13.1. The maximum absolute atomic E-state index is 12.7. The number of hydrogen-bond donors (Lipinski definition) is 1. The molecule has 1 aromatic rings. The third-order valence-corrected chi connectivity index (χ3v) is 2.74. The van der Waals surface area contributed by atoms with Gasteiger partial charge in [-0.25, -0.2) is 4.39 Å². The first-order chi connectivity index (χ1) is 7.67. The summed E-state index contributed by atoms with van der Waals surface area (Å²) in [6, 6.07) is 6.88. The van der Waals surface area contributed by atoms with Gasteiger partial charge in [-0.15, -0.1) is 0 Å². The molecule has 0 radical (unpaired) electrons. The number of nitrogens with one attached hydrogen (secondary N) is 1. The topological polar surface area (TPSA) is 21.3 Å². The third kappa shape index (κ3) is 3.91. The molecule has 0 fully saturated rings. The summed E-state index contributed by atoms with van der Waals surface area (Å²) in [5.41, 5.74) is 1.12. The highest BCUT2D eigenvalue weighted by atomic mass is 19.1. The van der Waals surface area contributed by atoms with Crippen molar-refractivity contribution in [1.29, 1.82) is 0 Å². The van der Waals surface area contributed by atoms with E-state index in [1.807, 2.05) is 33.0 Å². The standard InChI is InChI=1S/C13H20FNO/c1-4-16-10(2)13(15-3)9-11-5-7-12(14)8-6-11/h5-8,10,13,15H,4,9H2,1-3H3. The molecule has 90 valence electrons. The number of benzene rings is 1. The van der Waals surface area contributed by atoms with Crippen molar-refractivity contribution in [1.82, 2.24) is 5.32 Å². The highest BCUT2D eigenvalue weighted by Gasteiger charge is 2.15. The lowest BCUT2D eigenvalue weighted by molar-refractivity contribution is 0.0497. The molecule has 3 heteroatoms. The van der Waals surface area contributed by atoms with E-state index < -0.39 is 0 Å². The fourth-order valence-corrected chi connectivity index (χ4v) is 1.76. The minimum atomic E-state index is -0.192. The molecule has 1 aromatic carbocycles. The Kier molecular flexibility index (Phi) is 5.43. The molecular weight excluding hydrogens is 205 g/mol. The van der Waals surface area contributed by atoms with E-state index in [0.29, 0.717) is 6.61 Å². The third-order valence-electron chi connectivity index (χ3n) is 2.74. The molecular formula is C13H20FNO. The second kappa shape index (κ2) is 6.61. The van der Waals surface area contributed by atoms with Crippen LogP contribution in [0.1, 0.15) is 19.4 Å². The summed E-state index contributed by atoms with van der Waals surface area (Å²) < 4.78 is 18.3. The van der Waals surface area contributed by atoms with Gasteiger partial charge in [-0.2, -0.15) is 0 Å². The predicted octanol–water partition coefficient (Wildman–Crippen LogP) is 2.38. The summed E-state index contributed by atoms with van der Waals surface area (Å²) >= 11 is 0. The van der Waals surface area contributed by atoms with Crippen molar-refractivity contribution in [3.05, 3.63) is 35.6 Å². The van der Waals surface area contributed by atoms with Gasteiger partial charge in [0.2, 0.25) is 0 Å². The van der Waals surface area contributed by atoms with Crippen LogP contribution in [-0.2, 0) is 11.2 Å². The molecule has 0 aliphatic heterocycles. The van der Waals surface area contributed by atoms with Crippen molar-refractivity contribution >= 4 is 0 Å². The lowest BCUT2D eigenvalue weighted by Crippen LogP contribution is -2.39. The van der Waals surface area contributed by atoms with Crippen LogP contribution in [0.3, 0.4) is 0 Å². The van der Waals surface area contributed by atoms with E-state index in [0.717, 1.165) is 12.0 Å². The van der Waals surface area contributed by atoms with E-state index in [2.05, 4.69) is 5.32 Å². The largest absolute Gasteiger partial charge is 0.377 e. The Hall–Kier alpha value is -0.930. The predicted molar refractivity (Wildman–Crippen MR) is 64.0 cm³/mol. The smallest absolute Gasteiger partial charge is 0.123 e. The van der Waals surface area contributed by atoms with Gasteiger partial charge in [0.25, 0.3) is 0 Å². The Bertz CT molecular complexity index is 299. The van der Waals surface area contributed by atoms with E-state index in [9.17, 15) is 4.39 Å². The van der Waals surface area contributed by atoms with E-state index in [1.165, 1.54) is 12.1 Å². The van der Waals surface area contributed by atoms with Gasteiger partial charge < -0.3 is 10.1 Å². The Morgan fingerprint density at radius 1 is 1.31 bits per heavy atom. The molecule has 2 atom stereocenters. The van der Waals surface area contributed by atoms with Crippen LogP contribution >= 0.6 is 0 Å². The Morgan fingerprint density at radius 2 is 1.94 bits per heavy atom. The van der Waals surface area contributed by atoms with E-state index in [4.69, 9.17) is 4.74 Å². The highest BCUT2D eigenvalue weighted by Crippen LogP contribution is 2.09. The molecule has 16 heavy (non-hydrogen) atoms. The molecule has 0 saturated carbocycles. The molecule has 0 saturated heterocycles. The normalized spacial score (nSPS) is 14.8. The molecule has 0 heterocycles. The zero-order valence-electron chi connectivity index (χ0n) is 10.2. The van der Waals surface area contributed by atoms with Gasteiger partial charge in [0.05, 0.1) is 6.10 Å². The number of ether oxygens (including phenoxy) is 1. The average Bonchev–Trinajstić information content (AvgIpc) is 2.28. The first-order valence-corrected chi connectivity index (χ1v) is 5.70. The molecule has 1 N–H and O–H groups in total. The summed E-state index contributed by atoms with van der Waals surface area (Å²) in [5, 5.41) is 3.23. The van der Waals surface area contributed by atoms with Gasteiger partial charge in [0, 0.05) is 12.6 Å². The summed E-state index contributed by atoms with van der Waals surface area (Å²) in [6.45, 7) is 4.75. The van der Waals surface area contributed by atoms with Crippen molar-refractivity contribution in [2.24, 2.45) is 0 Å². The monoisotopic (exact) mass is 225 g/mol. The quantitative estimate of drug-likeness (QED) is 0.802. The van der Waals surface area contributed by atoms with E-state index >= 15 is 0 Å². The summed E-state index contributed by atoms with van der Waals surface area (Å²) in [6.07, 6.45) is 0.998. The molecule has 0 bridgehead atoms. The fraction of sp³-hybridized carbons (Fsp3) is 0.538. The lowest BCUT2D eigenvalue weighted by atomic mass is 10.0. The van der Waals surface area contributed by atoms with Crippen LogP contribution in [0.15, 0.2) is 24.3 Å². The van der Waals surface area contributed by atoms with E-state index in [-0.39, 0.29) is 18.0 Å². The fourth-order valence-electron chi connectivity index (χ4n) is 1.76. The van der Waals surface area contributed by atoms with E-state index in [1.54, 1.807) is 0 Å². The SMILES string of the molecule is CCOC(C)C(Cc1ccc(F)cc1)NC. The van der Waals surface area contributed by atoms with Gasteiger partial charge in [-0.1, -0.05) is 12.1 Å². The summed E-state index contributed by atoms with van der Waals surface area (Å²) in [5.74, 6) is -0.192. The molecule has 2 nitrogen and oxygen atoms in total. The molecule has 2 unspecified atom stereocenters. The number of rotatable bonds is 6. The van der Waals surface area contributed by atoms with Gasteiger partial charge in [-0.05, 0) is 45.0 Å². The zero-order valence-corrected chi connectivity index (χ0v) is 10.2. The molecule has 0 amide bonds. The van der Waals surface area contributed by atoms with Crippen molar-refractivity contribution in [2.45, 2.75) is 32.4 Å². The number of halogens is 1. The Morgan fingerprint density at radius 3 is 2.44 bits per heavy atom. The molecule has 0 aliphatic carbocycles.